The summed E-state index contributed by atoms with van der Waals surface area (Å²) < 4.78 is 27.2. The minimum absolute atomic E-state index is 0.0179. The number of aryl methyl sites for hydroxylation is 1. The summed E-state index contributed by atoms with van der Waals surface area (Å²) in [5, 5.41) is 5.41. The summed E-state index contributed by atoms with van der Waals surface area (Å²) in [6.07, 6.45) is 1.49. The van der Waals surface area contributed by atoms with Crippen molar-refractivity contribution in [2.45, 2.75) is 24.3 Å². The predicted molar refractivity (Wildman–Crippen MR) is 120 cm³/mol. The van der Waals surface area contributed by atoms with Crippen molar-refractivity contribution in [3.63, 3.8) is 0 Å². The molecule has 0 bridgehead atoms. The van der Waals surface area contributed by atoms with E-state index in [9.17, 15) is 18.0 Å². The normalized spacial score (nSPS) is 16.6. The Hall–Kier alpha value is -2.95. The fraction of sp³-hybridized carbons (Fsp3) is 0.150. The summed E-state index contributed by atoms with van der Waals surface area (Å²) in [6, 6.07) is 10.2. The van der Waals surface area contributed by atoms with E-state index >= 15 is 0 Å². The van der Waals surface area contributed by atoms with E-state index in [1.807, 2.05) is 6.92 Å². The van der Waals surface area contributed by atoms with Crippen LogP contribution >= 0.6 is 22.9 Å². The number of amides is 2. The second-order valence-electron chi connectivity index (χ2n) is 6.87. The van der Waals surface area contributed by atoms with Crippen LogP contribution in [0.3, 0.4) is 0 Å². The molecule has 8 nitrogen and oxygen atoms in total. The van der Waals surface area contributed by atoms with Gasteiger partial charge in [0, 0.05) is 22.3 Å². The first-order valence-electron chi connectivity index (χ1n) is 9.16. The van der Waals surface area contributed by atoms with Crippen LogP contribution < -0.4 is 14.9 Å². The topological polar surface area (TPSA) is 108 Å². The molecule has 2 aromatic carbocycles. The summed E-state index contributed by atoms with van der Waals surface area (Å²) in [7, 11) is -3.77. The lowest BCUT2D eigenvalue weighted by Gasteiger charge is -2.17. The molecule has 2 amide bonds. The van der Waals surface area contributed by atoms with Gasteiger partial charge in [-0.25, -0.2) is 18.3 Å². The maximum Gasteiger partial charge on any atom is 0.263 e. The Kier molecular flexibility index (Phi) is 5.69. The lowest BCUT2D eigenvalue weighted by atomic mass is 10.2. The van der Waals surface area contributed by atoms with Gasteiger partial charge in [0.25, 0.3) is 15.9 Å². The van der Waals surface area contributed by atoms with Gasteiger partial charge in [0.2, 0.25) is 5.91 Å². The Balaban J connectivity index is 1.47. The zero-order chi connectivity index (χ0) is 22.2. The zero-order valence-electron chi connectivity index (χ0n) is 16.2. The molecule has 2 heterocycles. The van der Waals surface area contributed by atoms with Crippen molar-refractivity contribution < 1.29 is 18.0 Å². The molecular formula is C20H17ClN4O4S2. The minimum atomic E-state index is -3.77. The van der Waals surface area contributed by atoms with Crippen LogP contribution in [0.25, 0.3) is 0 Å². The number of imide groups is 1. The number of sulfonamides is 1. The van der Waals surface area contributed by atoms with Gasteiger partial charge in [-0.1, -0.05) is 17.7 Å². The van der Waals surface area contributed by atoms with Crippen LogP contribution in [-0.2, 0) is 19.6 Å². The number of carbonyl (C=O) groups is 2. The molecule has 31 heavy (non-hydrogen) atoms. The molecule has 0 radical (unpaired) electrons. The highest BCUT2D eigenvalue weighted by molar-refractivity contribution is 7.93. The van der Waals surface area contributed by atoms with Gasteiger partial charge in [-0.15, -0.1) is 11.3 Å². The van der Waals surface area contributed by atoms with Crippen molar-refractivity contribution >= 4 is 61.3 Å². The van der Waals surface area contributed by atoms with Crippen LogP contribution in [0.2, 0.25) is 5.02 Å². The summed E-state index contributed by atoms with van der Waals surface area (Å²) in [5.41, 5.74) is 1.78. The number of halogens is 1. The Bertz CT molecular complexity index is 1240. The van der Waals surface area contributed by atoms with E-state index in [0.717, 1.165) is 10.5 Å². The minimum Gasteiger partial charge on any atom is -0.373 e. The lowest BCUT2D eigenvalue weighted by Crippen LogP contribution is -2.34. The molecule has 1 unspecified atom stereocenters. The average molecular weight is 477 g/mol. The van der Waals surface area contributed by atoms with Gasteiger partial charge in [0.1, 0.15) is 6.04 Å². The number of anilines is 3. The predicted octanol–water partition coefficient (Wildman–Crippen LogP) is 3.65. The third-order valence-corrected chi connectivity index (χ3v) is 7.30. The number of rotatable bonds is 6. The van der Waals surface area contributed by atoms with Crippen LogP contribution in [-0.4, -0.2) is 31.3 Å². The van der Waals surface area contributed by atoms with Crippen molar-refractivity contribution in [2.24, 2.45) is 0 Å². The Morgan fingerprint density at radius 3 is 2.55 bits per heavy atom. The first-order valence-corrected chi connectivity index (χ1v) is 11.9. The zero-order valence-corrected chi connectivity index (χ0v) is 18.6. The largest absolute Gasteiger partial charge is 0.373 e. The van der Waals surface area contributed by atoms with Gasteiger partial charge in [0.05, 0.1) is 17.0 Å². The van der Waals surface area contributed by atoms with Crippen LogP contribution in [0.4, 0.5) is 16.5 Å². The van der Waals surface area contributed by atoms with E-state index in [2.05, 4.69) is 15.0 Å². The van der Waals surface area contributed by atoms with Crippen molar-refractivity contribution in [1.29, 1.82) is 0 Å². The standard InChI is InChI=1S/C20H17ClN4O4S2/c1-12-2-5-14(10-16(12)21)25-18(26)11-17(19(25)27)23-13-3-6-15(7-4-13)31(28,29)24-20-22-8-9-30-20/h2-10,17,23H,11H2,1H3,(H,22,24). The third kappa shape index (κ3) is 4.41. The maximum atomic E-state index is 12.8. The fourth-order valence-corrected chi connectivity index (χ4v) is 5.08. The third-order valence-electron chi connectivity index (χ3n) is 4.72. The smallest absolute Gasteiger partial charge is 0.263 e. The molecule has 4 rings (SSSR count). The number of benzene rings is 2. The Morgan fingerprint density at radius 1 is 1.16 bits per heavy atom. The van der Waals surface area contributed by atoms with Gasteiger partial charge in [0.15, 0.2) is 5.13 Å². The maximum absolute atomic E-state index is 12.8. The Morgan fingerprint density at radius 2 is 1.90 bits per heavy atom. The van der Waals surface area contributed by atoms with E-state index in [-0.39, 0.29) is 22.4 Å². The quantitative estimate of drug-likeness (QED) is 0.526. The van der Waals surface area contributed by atoms with Crippen molar-refractivity contribution in [2.75, 3.05) is 14.9 Å². The molecule has 1 aromatic heterocycles. The summed E-state index contributed by atoms with van der Waals surface area (Å²) in [4.78, 5) is 30.3. The number of hydrogen-bond acceptors (Lipinski definition) is 7. The summed E-state index contributed by atoms with van der Waals surface area (Å²) in [5.74, 6) is -0.735. The van der Waals surface area contributed by atoms with Crippen LogP contribution in [0.15, 0.2) is 58.9 Å². The molecule has 0 saturated carbocycles. The lowest BCUT2D eigenvalue weighted by molar-refractivity contribution is -0.121. The van der Waals surface area contributed by atoms with Crippen molar-refractivity contribution in [3.05, 3.63) is 64.6 Å². The van der Waals surface area contributed by atoms with E-state index < -0.39 is 22.0 Å². The molecule has 160 valence electrons. The second-order valence-corrected chi connectivity index (χ2v) is 9.85. The van der Waals surface area contributed by atoms with Gasteiger partial charge in [-0.05, 0) is 48.9 Å². The van der Waals surface area contributed by atoms with E-state index in [1.165, 1.54) is 29.7 Å². The highest BCUT2D eigenvalue weighted by Crippen LogP contribution is 2.29. The number of hydrogen-bond donors (Lipinski definition) is 2. The molecule has 1 atom stereocenters. The van der Waals surface area contributed by atoms with Gasteiger partial charge in [-0.3, -0.25) is 14.3 Å². The van der Waals surface area contributed by atoms with Crippen molar-refractivity contribution in [1.82, 2.24) is 4.98 Å². The number of nitrogens with one attached hydrogen (secondary N) is 2. The Labute approximate surface area is 187 Å². The first-order chi connectivity index (χ1) is 14.7. The molecule has 1 aliphatic heterocycles. The number of thiazole rings is 1. The van der Waals surface area contributed by atoms with Crippen LogP contribution in [0.1, 0.15) is 12.0 Å². The van der Waals surface area contributed by atoms with E-state index in [0.29, 0.717) is 16.4 Å². The van der Waals surface area contributed by atoms with Crippen molar-refractivity contribution in [3.8, 4) is 0 Å². The summed E-state index contributed by atoms with van der Waals surface area (Å²) in [6.45, 7) is 1.83. The molecule has 3 aromatic rings. The molecule has 1 fully saturated rings. The first kappa shape index (κ1) is 21.3. The number of aromatic nitrogens is 1. The molecule has 0 aliphatic carbocycles. The second kappa shape index (κ2) is 8.29. The van der Waals surface area contributed by atoms with Gasteiger partial charge < -0.3 is 5.32 Å². The highest BCUT2D eigenvalue weighted by atomic mass is 35.5. The molecule has 0 spiro atoms. The SMILES string of the molecule is Cc1ccc(N2C(=O)CC(Nc3ccc(S(=O)(=O)Nc4nccs4)cc3)C2=O)cc1Cl. The van der Waals surface area contributed by atoms with E-state index in [1.54, 1.807) is 35.7 Å². The van der Waals surface area contributed by atoms with Gasteiger partial charge >= 0.3 is 0 Å². The van der Waals surface area contributed by atoms with Crippen LogP contribution in [0.5, 0.6) is 0 Å². The molecule has 2 N–H and O–H groups in total. The number of carbonyl (C=O) groups excluding carboxylic acids is 2. The molecule has 1 saturated heterocycles. The van der Waals surface area contributed by atoms with Crippen LogP contribution in [0, 0.1) is 6.92 Å². The fourth-order valence-electron chi connectivity index (χ4n) is 3.12. The molecular weight excluding hydrogens is 460 g/mol. The molecule has 1 aliphatic rings. The highest BCUT2D eigenvalue weighted by Gasteiger charge is 2.39. The van der Waals surface area contributed by atoms with Gasteiger partial charge in [-0.2, -0.15) is 0 Å². The molecule has 11 heteroatoms. The number of nitrogens with zero attached hydrogens (tertiary/aromatic N) is 2. The van der Waals surface area contributed by atoms with E-state index in [4.69, 9.17) is 11.6 Å². The summed E-state index contributed by atoms with van der Waals surface area (Å²) >= 11 is 7.30. The average Bonchev–Trinajstić information content (AvgIpc) is 3.32. The monoisotopic (exact) mass is 476 g/mol.